The SMILES string of the molecule is COCc1cc(N(C)CCC(=O)O)c2cc(F)ccc2n1. The van der Waals surface area contributed by atoms with Crippen LogP contribution in [0.5, 0.6) is 0 Å². The van der Waals surface area contributed by atoms with Crippen LogP contribution in [0.15, 0.2) is 24.3 Å². The van der Waals surface area contributed by atoms with Gasteiger partial charge in [0.25, 0.3) is 0 Å². The molecule has 0 fully saturated rings. The Hall–Kier alpha value is -2.21. The predicted molar refractivity (Wildman–Crippen MR) is 77.9 cm³/mol. The van der Waals surface area contributed by atoms with Gasteiger partial charge in [0.15, 0.2) is 0 Å². The molecule has 21 heavy (non-hydrogen) atoms. The lowest BCUT2D eigenvalue weighted by Gasteiger charge is -2.21. The van der Waals surface area contributed by atoms with Gasteiger partial charge in [0, 0.05) is 31.8 Å². The summed E-state index contributed by atoms with van der Waals surface area (Å²) in [6.45, 7) is 0.671. The second-order valence-corrected chi connectivity index (χ2v) is 4.79. The average Bonchev–Trinajstić information content (AvgIpc) is 2.44. The molecular formula is C15H17FN2O3. The Labute approximate surface area is 122 Å². The first-order chi connectivity index (χ1) is 10.0. The Morgan fingerprint density at radius 3 is 2.86 bits per heavy atom. The molecule has 0 saturated heterocycles. The summed E-state index contributed by atoms with van der Waals surface area (Å²) in [5.74, 6) is -1.22. The molecule has 112 valence electrons. The van der Waals surface area contributed by atoms with Crippen LogP contribution in [-0.2, 0) is 16.1 Å². The Kier molecular flexibility index (Phi) is 4.70. The minimum Gasteiger partial charge on any atom is -0.481 e. The number of carboxylic acids is 1. The topological polar surface area (TPSA) is 62.7 Å². The van der Waals surface area contributed by atoms with Crippen LogP contribution in [0.1, 0.15) is 12.1 Å². The molecule has 0 unspecified atom stereocenters. The van der Waals surface area contributed by atoms with E-state index in [4.69, 9.17) is 9.84 Å². The first-order valence-electron chi connectivity index (χ1n) is 6.52. The number of fused-ring (bicyclic) bond motifs is 1. The molecule has 0 radical (unpaired) electrons. The molecule has 2 rings (SSSR count). The summed E-state index contributed by atoms with van der Waals surface area (Å²) in [5, 5.41) is 9.44. The summed E-state index contributed by atoms with van der Waals surface area (Å²) in [7, 11) is 3.35. The molecular weight excluding hydrogens is 275 g/mol. The van der Waals surface area contributed by atoms with Gasteiger partial charge in [-0.25, -0.2) is 4.39 Å². The molecule has 5 nitrogen and oxygen atoms in total. The largest absolute Gasteiger partial charge is 0.481 e. The van der Waals surface area contributed by atoms with E-state index in [1.165, 1.54) is 12.1 Å². The molecule has 1 aromatic heterocycles. The zero-order chi connectivity index (χ0) is 15.4. The van der Waals surface area contributed by atoms with Gasteiger partial charge < -0.3 is 14.7 Å². The van der Waals surface area contributed by atoms with E-state index in [2.05, 4.69) is 4.98 Å². The Balaban J connectivity index is 2.46. The zero-order valence-corrected chi connectivity index (χ0v) is 12.0. The van der Waals surface area contributed by atoms with Crippen molar-refractivity contribution in [3.05, 3.63) is 35.8 Å². The molecule has 0 aliphatic carbocycles. The van der Waals surface area contributed by atoms with E-state index >= 15 is 0 Å². The monoisotopic (exact) mass is 292 g/mol. The van der Waals surface area contributed by atoms with Crippen molar-refractivity contribution in [3.63, 3.8) is 0 Å². The third-order valence-corrected chi connectivity index (χ3v) is 3.17. The van der Waals surface area contributed by atoms with Crippen molar-refractivity contribution < 1.29 is 19.0 Å². The average molecular weight is 292 g/mol. The van der Waals surface area contributed by atoms with Crippen molar-refractivity contribution in [2.75, 3.05) is 25.6 Å². The Bertz CT molecular complexity index is 661. The second kappa shape index (κ2) is 6.49. The lowest BCUT2D eigenvalue weighted by atomic mass is 10.1. The fourth-order valence-corrected chi connectivity index (χ4v) is 2.15. The molecule has 6 heteroatoms. The zero-order valence-electron chi connectivity index (χ0n) is 12.0. The number of methoxy groups -OCH3 is 1. The summed E-state index contributed by atoms with van der Waals surface area (Å²) >= 11 is 0. The third-order valence-electron chi connectivity index (χ3n) is 3.17. The smallest absolute Gasteiger partial charge is 0.305 e. The van der Waals surface area contributed by atoms with Crippen LogP contribution in [-0.4, -0.2) is 36.8 Å². The fourth-order valence-electron chi connectivity index (χ4n) is 2.15. The number of carboxylic acid groups (broad SMARTS) is 1. The van der Waals surface area contributed by atoms with Gasteiger partial charge in [-0.2, -0.15) is 0 Å². The molecule has 0 spiro atoms. The molecule has 1 aromatic carbocycles. The van der Waals surface area contributed by atoms with Gasteiger partial charge in [0.1, 0.15) is 5.82 Å². The number of hydrogen-bond donors (Lipinski definition) is 1. The third kappa shape index (κ3) is 3.66. The van der Waals surface area contributed by atoms with Crippen LogP contribution < -0.4 is 4.90 Å². The highest BCUT2D eigenvalue weighted by atomic mass is 19.1. The molecule has 0 saturated carbocycles. The van der Waals surface area contributed by atoms with Crippen molar-refractivity contribution in [3.8, 4) is 0 Å². The van der Waals surface area contributed by atoms with Gasteiger partial charge in [0.2, 0.25) is 0 Å². The van der Waals surface area contributed by atoms with Crippen LogP contribution in [0.3, 0.4) is 0 Å². The highest BCUT2D eigenvalue weighted by Gasteiger charge is 2.12. The number of nitrogens with zero attached hydrogens (tertiary/aromatic N) is 2. The van der Waals surface area contributed by atoms with Gasteiger partial charge in [-0.1, -0.05) is 0 Å². The van der Waals surface area contributed by atoms with E-state index in [1.54, 1.807) is 31.2 Å². The Morgan fingerprint density at radius 2 is 2.19 bits per heavy atom. The van der Waals surface area contributed by atoms with Crippen molar-refractivity contribution in [2.24, 2.45) is 0 Å². The maximum atomic E-state index is 13.5. The van der Waals surface area contributed by atoms with E-state index in [1.807, 2.05) is 0 Å². The predicted octanol–water partition coefficient (Wildman–Crippen LogP) is 2.43. The van der Waals surface area contributed by atoms with Crippen LogP contribution in [0.25, 0.3) is 10.9 Å². The van der Waals surface area contributed by atoms with E-state index in [9.17, 15) is 9.18 Å². The molecule has 1 heterocycles. The number of rotatable bonds is 6. The van der Waals surface area contributed by atoms with Crippen molar-refractivity contribution in [1.82, 2.24) is 4.98 Å². The van der Waals surface area contributed by atoms with Crippen molar-refractivity contribution in [2.45, 2.75) is 13.0 Å². The van der Waals surface area contributed by atoms with E-state index < -0.39 is 5.97 Å². The number of benzene rings is 1. The standard InChI is InChI=1S/C15H17FN2O3/c1-18(6-5-15(19)20)14-8-11(9-21-2)17-13-4-3-10(16)7-12(13)14/h3-4,7-8H,5-6,9H2,1-2H3,(H,19,20). The molecule has 0 atom stereocenters. The number of hydrogen-bond acceptors (Lipinski definition) is 4. The maximum absolute atomic E-state index is 13.5. The summed E-state index contributed by atoms with van der Waals surface area (Å²) in [5.41, 5.74) is 2.12. The number of anilines is 1. The number of aliphatic carboxylic acids is 1. The minimum absolute atomic E-state index is 0.00917. The first-order valence-corrected chi connectivity index (χ1v) is 6.52. The molecule has 1 N–H and O–H groups in total. The van der Waals surface area contributed by atoms with Crippen molar-refractivity contribution in [1.29, 1.82) is 0 Å². The minimum atomic E-state index is -0.872. The van der Waals surface area contributed by atoms with Crippen LogP contribution in [0, 0.1) is 5.82 Å². The molecule has 0 aliphatic heterocycles. The maximum Gasteiger partial charge on any atom is 0.305 e. The highest BCUT2D eigenvalue weighted by molar-refractivity contribution is 5.92. The number of ether oxygens (including phenoxy) is 1. The number of carbonyl (C=O) groups is 1. The van der Waals surface area contributed by atoms with Gasteiger partial charge in [-0.15, -0.1) is 0 Å². The van der Waals surface area contributed by atoms with Gasteiger partial charge in [-0.05, 0) is 24.3 Å². The van der Waals surface area contributed by atoms with Gasteiger partial charge in [0.05, 0.1) is 24.2 Å². The second-order valence-electron chi connectivity index (χ2n) is 4.79. The summed E-state index contributed by atoms with van der Waals surface area (Å²) < 4.78 is 18.6. The lowest BCUT2D eigenvalue weighted by molar-refractivity contribution is -0.136. The quantitative estimate of drug-likeness (QED) is 0.886. The molecule has 0 aliphatic rings. The van der Waals surface area contributed by atoms with E-state index in [0.29, 0.717) is 29.7 Å². The lowest BCUT2D eigenvalue weighted by Crippen LogP contribution is -2.21. The number of halogens is 1. The highest BCUT2D eigenvalue weighted by Crippen LogP contribution is 2.27. The van der Waals surface area contributed by atoms with Gasteiger partial charge >= 0.3 is 5.97 Å². The molecule has 2 aromatic rings. The summed E-state index contributed by atoms with van der Waals surface area (Å²) in [4.78, 5) is 16.9. The van der Waals surface area contributed by atoms with E-state index in [-0.39, 0.29) is 12.2 Å². The van der Waals surface area contributed by atoms with E-state index in [0.717, 1.165) is 5.69 Å². The normalized spacial score (nSPS) is 10.8. The molecule has 0 amide bonds. The van der Waals surface area contributed by atoms with Gasteiger partial charge in [-0.3, -0.25) is 9.78 Å². The van der Waals surface area contributed by atoms with Crippen LogP contribution in [0.2, 0.25) is 0 Å². The van der Waals surface area contributed by atoms with Crippen molar-refractivity contribution >= 4 is 22.6 Å². The van der Waals surface area contributed by atoms with Crippen LogP contribution in [0.4, 0.5) is 10.1 Å². The summed E-state index contributed by atoms with van der Waals surface area (Å²) in [6.07, 6.45) is 0.00917. The van der Waals surface area contributed by atoms with Crippen LogP contribution >= 0.6 is 0 Å². The fraction of sp³-hybridized carbons (Fsp3) is 0.333. The number of pyridine rings is 1. The summed E-state index contributed by atoms with van der Waals surface area (Å²) in [6, 6.07) is 6.17. The number of aromatic nitrogens is 1. The first kappa shape index (κ1) is 15.2. The Morgan fingerprint density at radius 1 is 1.43 bits per heavy atom. The molecule has 0 bridgehead atoms.